The highest BCUT2D eigenvalue weighted by Crippen LogP contribution is 2.27. The molecule has 0 saturated carbocycles. The molecule has 2 aromatic rings. The first-order valence-electron chi connectivity index (χ1n) is 9.05. The third-order valence-electron chi connectivity index (χ3n) is 4.36. The Bertz CT molecular complexity index is 1100. The smallest absolute Gasteiger partial charge is 0.342 e. The highest BCUT2D eigenvalue weighted by Gasteiger charge is 2.27. The Morgan fingerprint density at radius 2 is 1.84 bits per heavy atom. The molecule has 31 heavy (non-hydrogen) atoms. The van der Waals surface area contributed by atoms with E-state index >= 15 is 0 Å². The fraction of sp³-hybridized carbons (Fsp3) is 0.263. The molecule has 1 saturated heterocycles. The zero-order valence-corrected chi connectivity index (χ0v) is 17.6. The van der Waals surface area contributed by atoms with Gasteiger partial charge in [0.2, 0.25) is 10.0 Å². The third kappa shape index (κ3) is 5.44. The van der Waals surface area contributed by atoms with Gasteiger partial charge in [-0.15, -0.1) is 0 Å². The summed E-state index contributed by atoms with van der Waals surface area (Å²) in [5.41, 5.74) is -0.202. The van der Waals surface area contributed by atoms with Crippen molar-refractivity contribution in [2.24, 2.45) is 0 Å². The normalized spacial score (nSPS) is 14.7. The Balaban J connectivity index is 1.67. The second-order valence-corrected chi connectivity index (χ2v) is 8.83. The number of phenolic OH excluding ortho intramolecular Hbond substituents is 2. The highest BCUT2D eigenvalue weighted by molar-refractivity contribution is 7.89. The minimum absolute atomic E-state index is 0.0320. The van der Waals surface area contributed by atoms with Gasteiger partial charge in [0.05, 0.1) is 28.8 Å². The second kappa shape index (κ2) is 9.52. The van der Waals surface area contributed by atoms with Gasteiger partial charge in [-0.05, 0) is 30.3 Å². The number of hydrogen-bond donors (Lipinski definition) is 3. The Labute approximate surface area is 183 Å². The predicted molar refractivity (Wildman–Crippen MR) is 110 cm³/mol. The zero-order valence-electron chi connectivity index (χ0n) is 16.1. The molecule has 3 rings (SSSR count). The van der Waals surface area contributed by atoms with E-state index in [2.05, 4.69) is 5.32 Å². The number of nitrogens with zero attached hydrogens (tertiary/aromatic N) is 1. The van der Waals surface area contributed by atoms with E-state index in [1.807, 2.05) is 0 Å². The summed E-state index contributed by atoms with van der Waals surface area (Å²) in [7, 11) is -3.80. The van der Waals surface area contributed by atoms with Crippen molar-refractivity contribution in [1.82, 2.24) is 4.31 Å². The van der Waals surface area contributed by atoms with Gasteiger partial charge in [0.25, 0.3) is 5.91 Å². The van der Waals surface area contributed by atoms with Crippen LogP contribution in [-0.2, 0) is 24.3 Å². The number of hydrogen-bond acceptors (Lipinski definition) is 8. The molecule has 10 nitrogen and oxygen atoms in total. The van der Waals surface area contributed by atoms with Crippen LogP contribution < -0.4 is 5.32 Å². The molecule has 0 aliphatic carbocycles. The highest BCUT2D eigenvalue weighted by atomic mass is 35.5. The first-order valence-corrected chi connectivity index (χ1v) is 10.9. The summed E-state index contributed by atoms with van der Waals surface area (Å²) < 4.78 is 36.8. The van der Waals surface area contributed by atoms with Crippen molar-refractivity contribution in [3.63, 3.8) is 0 Å². The van der Waals surface area contributed by atoms with E-state index < -0.39 is 34.3 Å². The molecule has 0 atom stereocenters. The summed E-state index contributed by atoms with van der Waals surface area (Å²) in [4.78, 5) is 24.1. The first-order chi connectivity index (χ1) is 14.7. The topological polar surface area (TPSA) is 142 Å². The number of morpholine rings is 1. The van der Waals surface area contributed by atoms with Crippen LogP contribution in [0.4, 0.5) is 5.69 Å². The minimum Gasteiger partial charge on any atom is -0.508 e. The number of ether oxygens (including phenoxy) is 2. The largest absolute Gasteiger partial charge is 0.508 e. The molecule has 0 radical (unpaired) electrons. The fourth-order valence-corrected chi connectivity index (χ4v) is 4.38. The molecule has 2 aromatic carbocycles. The molecule has 0 spiro atoms. The molecule has 1 fully saturated rings. The first kappa shape index (κ1) is 22.8. The van der Waals surface area contributed by atoms with Crippen LogP contribution in [0.25, 0.3) is 0 Å². The Hall–Kier alpha value is -2.86. The van der Waals surface area contributed by atoms with Gasteiger partial charge in [0.1, 0.15) is 17.1 Å². The number of halogens is 1. The molecule has 1 aliphatic heterocycles. The van der Waals surface area contributed by atoms with E-state index in [9.17, 15) is 28.2 Å². The lowest BCUT2D eigenvalue weighted by Crippen LogP contribution is -2.40. The number of rotatable bonds is 6. The summed E-state index contributed by atoms with van der Waals surface area (Å²) in [6.45, 7) is 0.298. The molecule has 1 aliphatic rings. The predicted octanol–water partition coefficient (Wildman–Crippen LogP) is 1.57. The van der Waals surface area contributed by atoms with Gasteiger partial charge in [-0.25, -0.2) is 13.2 Å². The monoisotopic (exact) mass is 470 g/mol. The van der Waals surface area contributed by atoms with Crippen molar-refractivity contribution in [1.29, 1.82) is 0 Å². The Morgan fingerprint density at radius 3 is 2.52 bits per heavy atom. The van der Waals surface area contributed by atoms with Crippen LogP contribution in [0.5, 0.6) is 11.5 Å². The quantitative estimate of drug-likeness (QED) is 0.540. The molecule has 1 amide bonds. The van der Waals surface area contributed by atoms with Crippen molar-refractivity contribution >= 4 is 39.2 Å². The molecule has 0 unspecified atom stereocenters. The van der Waals surface area contributed by atoms with Gasteiger partial charge in [0.15, 0.2) is 6.61 Å². The second-order valence-electron chi connectivity index (χ2n) is 6.48. The van der Waals surface area contributed by atoms with Gasteiger partial charge in [-0.3, -0.25) is 4.79 Å². The summed E-state index contributed by atoms with van der Waals surface area (Å²) >= 11 is 6.06. The molecular weight excluding hydrogens is 452 g/mol. The summed E-state index contributed by atoms with van der Waals surface area (Å²) in [6, 6.07) is 7.16. The minimum atomic E-state index is -3.80. The van der Waals surface area contributed by atoms with Gasteiger partial charge in [-0.2, -0.15) is 4.31 Å². The molecule has 3 N–H and O–H groups in total. The van der Waals surface area contributed by atoms with Crippen LogP contribution in [0.2, 0.25) is 5.02 Å². The van der Waals surface area contributed by atoms with Crippen molar-refractivity contribution in [3.8, 4) is 11.5 Å². The number of aromatic hydroxyl groups is 2. The van der Waals surface area contributed by atoms with Gasteiger partial charge in [-0.1, -0.05) is 11.6 Å². The van der Waals surface area contributed by atoms with Crippen LogP contribution in [0.15, 0.2) is 41.3 Å². The summed E-state index contributed by atoms with van der Waals surface area (Å²) in [5.74, 6) is -2.50. The number of benzene rings is 2. The lowest BCUT2D eigenvalue weighted by molar-refractivity contribution is -0.119. The van der Waals surface area contributed by atoms with Gasteiger partial charge < -0.3 is 25.0 Å². The third-order valence-corrected chi connectivity index (χ3v) is 6.58. The number of carbonyl (C=O) groups is 2. The van der Waals surface area contributed by atoms with Crippen LogP contribution >= 0.6 is 11.6 Å². The average molecular weight is 471 g/mol. The molecular formula is C19H19ClN2O8S. The van der Waals surface area contributed by atoms with E-state index in [0.717, 1.165) is 12.1 Å². The molecule has 166 valence electrons. The van der Waals surface area contributed by atoms with E-state index in [4.69, 9.17) is 21.1 Å². The number of carbonyl (C=O) groups excluding carboxylic acids is 2. The Morgan fingerprint density at radius 1 is 1.13 bits per heavy atom. The number of anilines is 1. The average Bonchev–Trinajstić information content (AvgIpc) is 2.74. The Kier molecular flexibility index (Phi) is 7.01. The van der Waals surface area contributed by atoms with Crippen LogP contribution in [0.3, 0.4) is 0 Å². The molecule has 0 bridgehead atoms. The number of nitrogens with one attached hydrogen (secondary N) is 1. The van der Waals surface area contributed by atoms with Crippen molar-refractivity contribution in [2.75, 3.05) is 38.2 Å². The van der Waals surface area contributed by atoms with Gasteiger partial charge in [0, 0.05) is 19.2 Å². The van der Waals surface area contributed by atoms with E-state index in [1.54, 1.807) is 0 Å². The standard InChI is InChI=1S/C19H19ClN2O8S/c20-15-4-2-13(31(27,28)22-5-7-29-8-6-22)10-16(15)21-18(25)11-30-19(26)14-3-1-12(23)9-17(14)24/h1-4,9-10,23-24H,5-8,11H2,(H,21,25). The van der Waals surface area contributed by atoms with E-state index in [1.165, 1.54) is 28.6 Å². The lowest BCUT2D eigenvalue weighted by Gasteiger charge is -2.26. The number of amides is 1. The zero-order chi connectivity index (χ0) is 22.6. The lowest BCUT2D eigenvalue weighted by atomic mass is 10.2. The van der Waals surface area contributed by atoms with Crippen molar-refractivity contribution < 1.29 is 37.7 Å². The van der Waals surface area contributed by atoms with Gasteiger partial charge >= 0.3 is 5.97 Å². The van der Waals surface area contributed by atoms with E-state index in [-0.39, 0.29) is 40.0 Å². The molecule has 0 aromatic heterocycles. The van der Waals surface area contributed by atoms with Crippen LogP contribution in [-0.4, -0.2) is 67.7 Å². The molecule has 1 heterocycles. The SMILES string of the molecule is O=C(COC(=O)c1ccc(O)cc1O)Nc1cc(S(=O)(=O)N2CCOCC2)ccc1Cl. The van der Waals surface area contributed by atoms with Crippen molar-refractivity contribution in [2.45, 2.75) is 4.90 Å². The maximum atomic E-state index is 12.8. The maximum absolute atomic E-state index is 12.8. The fourth-order valence-electron chi connectivity index (χ4n) is 2.78. The van der Waals surface area contributed by atoms with Crippen LogP contribution in [0.1, 0.15) is 10.4 Å². The summed E-state index contributed by atoms with van der Waals surface area (Å²) in [6.07, 6.45) is 0. The number of phenols is 2. The maximum Gasteiger partial charge on any atom is 0.342 e. The molecule has 12 heteroatoms. The van der Waals surface area contributed by atoms with Crippen LogP contribution in [0, 0.1) is 0 Å². The summed E-state index contributed by atoms with van der Waals surface area (Å²) in [5, 5.41) is 21.4. The number of esters is 1. The number of sulfonamides is 1. The van der Waals surface area contributed by atoms with E-state index in [0.29, 0.717) is 13.2 Å². The van der Waals surface area contributed by atoms with Crippen molar-refractivity contribution in [3.05, 3.63) is 47.0 Å².